The Labute approximate surface area is 91.8 Å². The molecule has 1 aromatic rings. The minimum atomic E-state index is -4.92. The summed E-state index contributed by atoms with van der Waals surface area (Å²) in [5, 5.41) is -1.35. The van der Waals surface area contributed by atoms with Crippen LogP contribution >= 0.6 is 23.2 Å². The van der Waals surface area contributed by atoms with Crippen molar-refractivity contribution in [1.29, 1.82) is 0 Å². The van der Waals surface area contributed by atoms with Crippen LogP contribution in [0.1, 0.15) is 10.4 Å². The predicted octanol–water partition coefficient (Wildman–Crippen LogP) is 3.01. The van der Waals surface area contributed by atoms with Crippen molar-refractivity contribution in [2.75, 3.05) is 0 Å². The van der Waals surface area contributed by atoms with Gasteiger partial charge in [0.15, 0.2) is 0 Å². The molecule has 0 atom stereocenters. The Balaban J connectivity index is 3.13. The molecule has 0 bridgehead atoms. The third-order valence-electron chi connectivity index (χ3n) is 1.27. The third kappa shape index (κ3) is 3.56. The molecule has 0 radical (unpaired) electrons. The van der Waals surface area contributed by atoms with Crippen LogP contribution in [0.15, 0.2) is 12.3 Å². The molecule has 82 valence electrons. The van der Waals surface area contributed by atoms with Gasteiger partial charge in [0.1, 0.15) is 10.9 Å². The fraction of sp³-hybridized carbons (Fsp3) is 0.143. The van der Waals surface area contributed by atoms with Gasteiger partial charge in [-0.15, -0.1) is 13.2 Å². The third-order valence-corrected chi connectivity index (χ3v) is 1.68. The highest BCUT2D eigenvalue weighted by Gasteiger charge is 2.33. The lowest BCUT2D eigenvalue weighted by molar-refractivity contribution is -0.274. The number of carbonyl (C=O) groups excluding carboxylic acids is 1. The van der Waals surface area contributed by atoms with Crippen LogP contribution in [0.4, 0.5) is 13.2 Å². The first-order valence-electron chi connectivity index (χ1n) is 3.41. The molecular formula is C7H2Cl2F3NO2. The van der Waals surface area contributed by atoms with Crippen molar-refractivity contribution in [2.24, 2.45) is 0 Å². The minimum absolute atomic E-state index is 0.240. The zero-order valence-electron chi connectivity index (χ0n) is 6.81. The van der Waals surface area contributed by atoms with Gasteiger partial charge in [-0.1, -0.05) is 11.6 Å². The highest BCUT2D eigenvalue weighted by molar-refractivity contribution is 6.68. The summed E-state index contributed by atoms with van der Waals surface area (Å²) < 4.78 is 39.2. The Bertz CT molecular complexity index is 394. The van der Waals surface area contributed by atoms with Crippen molar-refractivity contribution in [3.63, 3.8) is 0 Å². The number of nitrogens with zero attached hydrogens (tertiary/aromatic N) is 1. The maximum Gasteiger partial charge on any atom is 0.573 e. The maximum absolute atomic E-state index is 11.9. The van der Waals surface area contributed by atoms with Gasteiger partial charge in [-0.2, -0.15) is 0 Å². The number of hydrogen-bond acceptors (Lipinski definition) is 3. The lowest BCUT2D eigenvalue weighted by Gasteiger charge is -2.10. The van der Waals surface area contributed by atoms with E-state index in [1.807, 2.05) is 0 Å². The quantitative estimate of drug-likeness (QED) is 0.606. The van der Waals surface area contributed by atoms with Crippen LogP contribution in [-0.2, 0) is 0 Å². The lowest BCUT2D eigenvalue weighted by atomic mass is 10.3. The molecule has 0 saturated heterocycles. The molecule has 0 unspecified atom stereocenters. The van der Waals surface area contributed by atoms with E-state index in [1.165, 1.54) is 0 Å². The van der Waals surface area contributed by atoms with E-state index in [0.29, 0.717) is 0 Å². The first-order valence-corrected chi connectivity index (χ1v) is 4.16. The van der Waals surface area contributed by atoms with Crippen LogP contribution in [0.2, 0.25) is 5.15 Å². The van der Waals surface area contributed by atoms with Gasteiger partial charge in [0, 0.05) is 12.3 Å². The molecule has 1 heterocycles. The van der Waals surface area contributed by atoms with Crippen molar-refractivity contribution in [3.05, 3.63) is 23.0 Å². The number of rotatable bonds is 2. The van der Waals surface area contributed by atoms with Gasteiger partial charge in [-0.25, -0.2) is 4.98 Å². The van der Waals surface area contributed by atoms with Crippen LogP contribution < -0.4 is 4.74 Å². The highest BCUT2D eigenvalue weighted by atomic mass is 35.5. The fourth-order valence-corrected chi connectivity index (χ4v) is 1.06. The molecule has 0 saturated carbocycles. The van der Waals surface area contributed by atoms with Crippen LogP contribution in [-0.4, -0.2) is 16.6 Å². The second-order valence-electron chi connectivity index (χ2n) is 2.32. The van der Waals surface area contributed by atoms with Gasteiger partial charge < -0.3 is 4.74 Å². The predicted molar refractivity (Wildman–Crippen MR) is 46.1 cm³/mol. The monoisotopic (exact) mass is 259 g/mol. The molecule has 0 aliphatic heterocycles. The summed E-state index contributed by atoms with van der Waals surface area (Å²) in [5.74, 6) is -0.775. The second kappa shape index (κ2) is 4.24. The Morgan fingerprint density at radius 3 is 2.53 bits per heavy atom. The number of pyridine rings is 1. The zero-order chi connectivity index (χ0) is 11.6. The summed E-state index contributed by atoms with van der Waals surface area (Å²) in [6.45, 7) is 0. The van der Waals surface area contributed by atoms with E-state index in [4.69, 9.17) is 23.2 Å². The average molecular weight is 260 g/mol. The molecule has 0 amide bonds. The van der Waals surface area contributed by atoms with Crippen molar-refractivity contribution in [1.82, 2.24) is 4.98 Å². The SMILES string of the molecule is O=C(Cl)c1cnc(Cl)cc1OC(F)(F)F. The Kier molecular flexibility index (Phi) is 3.41. The van der Waals surface area contributed by atoms with Gasteiger partial charge in [-0.05, 0) is 11.6 Å². The summed E-state index contributed by atoms with van der Waals surface area (Å²) in [6, 6.07) is 0.755. The summed E-state index contributed by atoms with van der Waals surface area (Å²) in [7, 11) is 0. The van der Waals surface area contributed by atoms with E-state index in [9.17, 15) is 18.0 Å². The largest absolute Gasteiger partial charge is 0.573 e. The molecule has 0 aliphatic carbocycles. The molecule has 0 aliphatic rings. The fourth-order valence-electron chi connectivity index (χ4n) is 0.770. The molecule has 0 spiro atoms. The molecule has 1 aromatic heterocycles. The topological polar surface area (TPSA) is 39.2 Å². The van der Waals surface area contributed by atoms with E-state index in [2.05, 4.69) is 9.72 Å². The number of ether oxygens (including phenoxy) is 1. The first-order chi connectivity index (χ1) is 6.79. The normalized spacial score (nSPS) is 11.3. The Morgan fingerprint density at radius 2 is 2.07 bits per heavy atom. The van der Waals surface area contributed by atoms with E-state index < -0.39 is 22.9 Å². The second-order valence-corrected chi connectivity index (χ2v) is 3.06. The number of carbonyl (C=O) groups is 1. The molecule has 1 rings (SSSR count). The van der Waals surface area contributed by atoms with E-state index in [1.54, 1.807) is 0 Å². The number of alkyl halides is 3. The summed E-state index contributed by atoms with van der Waals surface area (Å²) in [6.07, 6.45) is -4.12. The molecule has 0 N–H and O–H groups in total. The summed E-state index contributed by atoms with van der Waals surface area (Å²) in [5.41, 5.74) is -0.501. The highest BCUT2D eigenvalue weighted by Crippen LogP contribution is 2.28. The molecule has 15 heavy (non-hydrogen) atoms. The van der Waals surface area contributed by atoms with Gasteiger partial charge in [0.2, 0.25) is 0 Å². The van der Waals surface area contributed by atoms with E-state index >= 15 is 0 Å². The lowest BCUT2D eigenvalue weighted by Crippen LogP contribution is -2.18. The van der Waals surface area contributed by atoms with Gasteiger partial charge in [0.25, 0.3) is 5.24 Å². The van der Waals surface area contributed by atoms with Gasteiger partial charge >= 0.3 is 6.36 Å². The average Bonchev–Trinajstić information content (AvgIpc) is 1.99. The maximum atomic E-state index is 11.9. The Hall–Kier alpha value is -1.01. The number of aromatic nitrogens is 1. The van der Waals surface area contributed by atoms with Crippen LogP contribution in [0.5, 0.6) is 5.75 Å². The minimum Gasteiger partial charge on any atom is -0.405 e. The molecule has 3 nitrogen and oxygen atoms in total. The van der Waals surface area contributed by atoms with Crippen LogP contribution in [0, 0.1) is 0 Å². The molecule has 8 heteroatoms. The molecule has 0 aromatic carbocycles. The summed E-state index contributed by atoms with van der Waals surface area (Å²) >= 11 is 10.4. The van der Waals surface area contributed by atoms with Crippen molar-refractivity contribution < 1.29 is 22.7 Å². The molecular weight excluding hydrogens is 258 g/mol. The zero-order valence-corrected chi connectivity index (χ0v) is 8.32. The summed E-state index contributed by atoms with van der Waals surface area (Å²) in [4.78, 5) is 14.1. The smallest absolute Gasteiger partial charge is 0.405 e. The first kappa shape index (κ1) is 12.1. The van der Waals surface area contributed by atoms with Gasteiger partial charge in [-0.3, -0.25) is 4.79 Å². The number of hydrogen-bond donors (Lipinski definition) is 0. The van der Waals surface area contributed by atoms with Crippen LogP contribution in [0.3, 0.4) is 0 Å². The van der Waals surface area contributed by atoms with Gasteiger partial charge in [0.05, 0.1) is 5.56 Å². The van der Waals surface area contributed by atoms with Crippen molar-refractivity contribution in [2.45, 2.75) is 6.36 Å². The van der Waals surface area contributed by atoms with Crippen molar-refractivity contribution in [3.8, 4) is 5.75 Å². The Morgan fingerprint density at radius 1 is 1.47 bits per heavy atom. The van der Waals surface area contributed by atoms with E-state index in [-0.39, 0.29) is 5.15 Å². The number of halogens is 5. The molecule has 0 fully saturated rings. The van der Waals surface area contributed by atoms with E-state index in [0.717, 1.165) is 12.3 Å². The van der Waals surface area contributed by atoms with Crippen LogP contribution in [0.25, 0.3) is 0 Å². The standard InChI is InChI=1S/C7H2Cl2F3NO2/c8-5-1-4(15-7(10,11)12)3(2-13-5)6(9)14/h1-2H. The van der Waals surface area contributed by atoms with Crippen molar-refractivity contribution >= 4 is 28.4 Å².